The second-order valence-corrected chi connectivity index (χ2v) is 6.55. The normalized spacial score (nSPS) is 24.9. The third kappa shape index (κ3) is 3.83. The van der Waals surface area contributed by atoms with Crippen LogP contribution in [0.2, 0.25) is 0 Å². The van der Waals surface area contributed by atoms with Crippen LogP contribution in [0.5, 0.6) is 0 Å². The molecule has 2 N–H and O–H groups in total. The van der Waals surface area contributed by atoms with Gasteiger partial charge in [-0.05, 0) is 30.8 Å². The van der Waals surface area contributed by atoms with Crippen LogP contribution in [0, 0.1) is 0 Å². The summed E-state index contributed by atoms with van der Waals surface area (Å²) in [5.74, 6) is 0.141. The molecule has 2 unspecified atom stereocenters. The van der Waals surface area contributed by atoms with Crippen LogP contribution in [0.3, 0.4) is 0 Å². The molecule has 5 nitrogen and oxygen atoms in total. The highest BCUT2D eigenvalue weighted by Crippen LogP contribution is 2.25. The first-order valence-corrected chi connectivity index (χ1v) is 8.59. The predicted molar refractivity (Wildman–Crippen MR) is 83.5 cm³/mol. The highest BCUT2D eigenvalue weighted by Gasteiger charge is 2.26. The number of morpholine rings is 1. The van der Waals surface area contributed by atoms with E-state index in [4.69, 9.17) is 4.74 Å². The van der Waals surface area contributed by atoms with Gasteiger partial charge in [0, 0.05) is 24.5 Å². The van der Waals surface area contributed by atoms with Gasteiger partial charge in [0.05, 0.1) is 25.3 Å². The zero-order chi connectivity index (χ0) is 14.5. The first kappa shape index (κ1) is 15.0. The van der Waals surface area contributed by atoms with Crippen molar-refractivity contribution in [1.29, 1.82) is 0 Å². The fraction of sp³-hybridized carbons (Fsp3) is 0.667. The number of rotatable bonds is 5. The van der Waals surface area contributed by atoms with Gasteiger partial charge in [-0.2, -0.15) is 0 Å². The lowest BCUT2D eigenvalue weighted by Crippen LogP contribution is -2.46. The molecule has 0 spiro atoms. The zero-order valence-electron chi connectivity index (χ0n) is 12.2. The van der Waals surface area contributed by atoms with Crippen molar-refractivity contribution >= 4 is 17.2 Å². The fourth-order valence-corrected chi connectivity index (χ4v) is 3.87. The molecule has 2 atom stereocenters. The largest absolute Gasteiger partial charge is 0.379 e. The van der Waals surface area contributed by atoms with E-state index >= 15 is 0 Å². The van der Waals surface area contributed by atoms with Crippen molar-refractivity contribution < 1.29 is 9.53 Å². The van der Waals surface area contributed by atoms with E-state index in [0.717, 1.165) is 45.7 Å². The first-order chi connectivity index (χ1) is 10.3. The van der Waals surface area contributed by atoms with Crippen LogP contribution in [0.15, 0.2) is 17.5 Å². The maximum absolute atomic E-state index is 12.2. The molecule has 2 aliphatic heterocycles. The lowest BCUT2D eigenvalue weighted by Gasteiger charge is -2.34. The first-order valence-electron chi connectivity index (χ1n) is 7.71. The molecule has 6 heteroatoms. The molecule has 0 aliphatic carbocycles. The molecule has 2 saturated heterocycles. The van der Waals surface area contributed by atoms with E-state index in [1.54, 1.807) is 11.3 Å². The van der Waals surface area contributed by atoms with Crippen LogP contribution in [0.4, 0.5) is 0 Å². The predicted octanol–water partition coefficient (Wildman–Crippen LogP) is 0.990. The Morgan fingerprint density at radius 1 is 1.52 bits per heavy atom. The Bertz CT molecular complexity index is 440. The number of hydrogen-bond donors (Lipinski definition) is 2. The minimum Gasteiger partial charge on any atom is -0.379 e. The van der Waals surface area contributed by atoms with Gasteiger partial charge < -0.3 is 15.4 Å². The smallest absolute Gasteiger partial charge is 0.237 e. The third-order valence-electron chi connectivity index (χ3n) is 4.20. The van der Waals surface area contributed by atoms with E-state index in [1.807, 2.05) is 0 Å². The van der Waals surface area contributed by atoms with Crippen molar-refractivity contribution in [3.05, 3.63) is 22.4 Å². The number of nitrogens with one attached hydrogen (secondary N) is 2. The van der Waals surface area contributed by atoms with Crippen LogP contribution in [0.25, 0.3) is 0 Å². The molecular formula is C15H23N3O2S. The van der Waals surface area contributed by atoms with E-state index < -0.39 is 0 Å². The maximum atomic E-state index is 12.2. The Morgan fingerprint density at radius 2 is 2.38 bits per heavy atom. The summed E-state index contributed by atoms with van der Waals surface area (Å²) >= 11 is 1.76. The number of carbonyl (C=O) groups is 1. The number of ether oxygens (including phenoxy) is 1. The summed E-state index contributed by atoms with van der Waals surface area (Å²) in [7, 11) is 0. The van der Waals surface area contributed by atoms with E-state index in [2.05, 4.69) is 33.0 Å². The van der Waals surface area contributed by atoms with E-state index in [1.165, 1.54) is 4.88 Å². The average molecular weight is 309 g/mol. The quantitative estimate of drug-likeness (QED) is 0.852. The van der Waals surface area contributed by atoms with Crippen LogP contribution < -0.4 is 10.6 Å². The Balaban J connectivity index is 1.60. The zero-order valence-corrected chi connectivity index (χ0v) is 13.0. The van der Waals surface area contributed by atoms with Gasteiger partial charge in [-0.15, -0.1) is 11.3 Å². The van der Waals surface area contributed by atoms with E-state index in [0.29, 0.717) is 6.54 Å². The van der Waals surface area contributed by atoms with Crippen molar-refractivity contribution in [3.63, 3.8) is 0 Å². The van der Waals surface area contributed by atoms with Crippen molar-refractivity contribution in [2.24, 2.45) is 0 Å². The molecule has 2 fully saturated rings. The number of carbonyl (C=O) groups excluding carboxylic acids is 1. The number of nitrogens with zero attached hydrogens (tertiary/aromatic N) is 1. The molecule has 1 aromatic heterocycles. The number of thiophene rings is 1. The lowest BCUT2D eigenvalue weighted by atomic mass is 10.1. The highest BCUT2D eigenvalue weighted by molar-refractivity contribution is 7.10. The Morgan fingerprint density at radius 3 is 3.05 bits per heavy atom. The van der Waals surface area contributed by atoms with Crippen molar-refractivity contribution in [2.75, 3.05) is 39.4 Å². The molecule has 3 heterocycles. The van der Waals surface area contributed by atoms with Gasteiger partial charge in [-0.25, -0.2) is 0 Å². The van der Waals surface area contributed by atoms with Crippen molar-refractivity contribution in [3.8, 4) is 0 Å². The van der Waals surface area contributed by atoms with Crippen LogP contribution >= 0.6 is 11.3 Å². The lowest BCUT2D eigenvalue weighted by molar-refractivity contribution is -0.123. The van der Waals surface area contributed by atoms with Crippen LogP contribution in [-0.4, -0.2) is 56.2 Å². The molecule has 0 bridgehead atoms. The summed E-state index contributed by atoms with van der Waals surface area (Å²) in [5.41, 5.74) is 0. The molecule has 1 aromatic rings. The summed E-state index contributed by atoms with van der Waals surface area (Å²) in [6, 6.07) is 4.50. The molecule has 0 saturated carbocycles. The molecule has 116 valence electrons. The van der Waals surface area contributed by atoms with Gasteiger partial charge in [0.1, 0.15) is 0 Å². The summed E-state index contributed by atoms with van der Waals surface area (Å²) in [6.07, 6.45) is 2.04. The van der Waals surface area contributed by atoms with Gasteiger partial charge in [0.2, 0.25) is 5.91 Å². The van der Waals surface area contributed by atoms with Crippen LogP contribution in [0.1, 0.15) is 23.8 Å². The van der Waals surface area contributed by atoms with Gasteiger partial charge >= 0.3 is 0 Å². The van der Waals surface area contributed by atoms with Gasteiger partial charge in [0.25, 0.3) is 0 Å². The second kappa shape index (κ2) is 7.35. The number of amides is 1. The van der Waals surface area contributed by atoms with Gasteiger partial charge in [-0.3, -0.25) is 9.69 Å². The minimum atomic E-state index is -0.00123. The van der Waals surface area contributed by atoms with Gasteiger partial charge in [0.15, 0.2) is 0 Å². The molecule has 3 rings (SSSR count). The molecule has 0 aromatic carbocycles. The number of hydrogen-bond acceptors (Lipinski definition) is 5. The summed E-state index contributed by atoms with van der Waals surface area (Å²) in [6.45, 7) is 5.05. The van der Waals surface area contributed by atoms with Crippen molar-refractivity contribution in [1.82, 2.24) is 15.5 Å². The SMILES string of the molecule is O=C(NCC(c1cccs1)N1CCOCC1)C1CCCN1. The molecule has 0 radical (unpaired) electrons. The third-order valence-corrected chi connectivity index (χ3v) is 5.18. The summed E-state index contributed by atoms with van der Waals surface area (Å²) in [5, 5.41) is 8.48. The van der Waals surface area contributed by atoms with Gasteiger partial charge in [-0.1, -0.05) is 6.07 Å². The molecule has 2 aliphatic rings. The Kier molecular flexibility index (Phi) is 5.24. The highest BCUT2D eigenvalue weighted by atomic mass is 32.1. The Labute approximate surface area is 129 Å². The maximum Gasteiger partial charge on any atom is 0.237 e. The summed E-state index contributed by atoms with van der Waals surface area (Å²) in [4.78, 5) is 15.9. The Hall–Kier alpha value is -0.950. The van der Waals surface area contributed by atoms with E-state index in [-0.39, 0.29) is 18.0 Å². The van der Waals surface area contributed by atoms with Crippen molar-refractivity contribution in [2.45, 2.75) is 24.9 Å². The molecular weight excluding hydrogens is 286 g/mol. The second-order valence-electron chi connectivity index (χ2n) is 5.57. The summed E-state index contributed by atoms with van der Waals surface area (Å²) < 4.78 is 5.44. The monoisotopic (exact) mass is 309 g/mol. The van der Waals surface area contributed by atoms with E-state index in [9.17, 15) is 4.79 Å². The van der Waals surface area contributed by atoms with Crippen LogP contribution in [-0.2, 0) is 9.53 Å². The minimum absolute atomic E-state index is 0.00123. The fourth-order valence-electron chi connectivity index (χ4n) is 3.01. The standard InChI is InChI=1S/C15H23N3O2S/c19-15(12-3-1-5-16-12)17-11-13(14-4-2-10-21-14)18-6-8-20-9-7-18/h2,4,10,12-13,16H,1,3,5-9,11H2,(H,17,19). The topological polar surface area (TPSA) is 53.6 Å². The average Bonchev–Trinajstić information content (AvgIpc) is 3.22. The molecule has 1 amide bonds. The molecule has 21 heavy (non-hydrogen) atoms.